The van der Waals surface area contributed by atoms with Crippen LogP contribution in [-0.4, -0.2) is 24.0 Å². The largest absolute Gasteiger partial charge is 0.481 e. The van der Waals surface area contributed by atoms with Crippen molar-refractivity contribution in [1.82, 2.24) is 0 Å². The van der Waals surface area contributed by atoms with Crippen LogP contribution in [0.3, 0.4) is 0 Å². The standard InChI is InChI=1S/C15H19NO3/c1-9-5-10-7-12(17)16(4)14(10)11(6-9)15(2,3)8-13(18)19/h5-6H,7-8H2,1-4H3,(H,18,19). The minimum absolute atomic E-state index is 0.0466. The average molecular weight is 261 g/mol. The first-order valence-electron chi connectivity index (χ1n) is 6.35. The first-order valence-corrected chi connectivity index (χ1v) is 6.35. The number of hydrogen-bond acceptors (Lipinski definition) is 2. The highest BCUT2D eigenvalue weighted by Crippen LogP contribution is 2.40. The summed E-state index contributed by atoms with van der Waals surface area (Å²) in [4.78, 5) is 24.5. The van der Waals surface area contributed by atoms with E-state index in [-0.39, 0.29) is 12.3 Å². The molecule has 102 valence electrons. The third kappa shape index (κ3) is 2.35. The molecule has 0 fully saturated rings. The molecule has 1 amide bonds. The molecule has 19 heavy (non-hydrogen) atoms. The van der Waals surface area contributed by atoms with Crippen molar-refractivity contribution in [3.05, 3.63) is 28.8 Å². The third-order valence-corrected chi connectivity index (χ3v) is 3.71. The summed E-state index contributed by atoms with van der Waals surface area (Å²) in [7, 11) is 1.75. The predicted octanol–water partition coefficient (Wildman–Crippen LogP) is 2.27. The SMILES string of the molecule is Cc1cc2c(c(C(C)(C)CC(=O)O)c1)N(C)C(=O)C2. The van der Waals surface area contributed by atoms with Crippen LogP contribution in [0.2, 0.25) is 0 Å². The number of carboxylic acids is 1. The van der Waals surface area contributed by atoms with Crippen LogP contribution in [0.1, 0.15) is 37.0 Å². The van der Waals surface area contributed by atoms with Gasteiger partial charge in [0.15, 0.2) is 0 Å². The topological polar surface area (TPSA) is 57.6 Å². The Morgan fingerprint density at radius 1 is 1.42 bits per heavy atom. The van der Waals surface area contributed by atoms with Crippen molar-refractivity contribution in [3.8, 4) is 0 Å². The van der Waals surface area contributed by atoms with Gasteiger partial charge in [0, 0.05) is 12.5 Å². The van der Waals surface area contributed by atoms with Gasteiger partial charge in [-0.25, -0.2) is 0 Å². The summed E-state index contributed by atoms with van der Waals surface area (Å²) in [5.74, 6) is -0.764. The van der Waals surface area contributed by atoms with E-state index in [9.17, 15) is 9.59 Å². The normalized spacial score (nSPS) is 14.7. The molecular formula is C15H19NO3. The molecule has 0 saturated heterocycles. The van der Waals surface area contributed by atoms with Crippen LogP contribution in [0.15, 0.2) is 12.1 Å². The van der Waals surface area contributed by atoms with Gasteiger partial charge in [-0.15, -0.1) is 0 Å². The zero-order valence-electron chi connectivity index (χ0n) is 11.8. The van der Waals surface area contributed by atoms with Crippen molar-refractivity contribution < 1.29 is 14.7 Å². The molecule has 1 aromatic carbocycles. The maximum absolute atomic E-state index is 11.9. The maximum Gasteiger partial charge on any atom is 0.304 e. The highest BCUT2D eigenvalue weighted by molar-refractivity contribution is 6.02. The van der Waals surface area contributed by atoms with Crippen LogP contribution >= 0.6 is 0 Å². The number of fused-ring (bicyclic) bond motifs is 1. The lowest BCUT2D eigenvalue weighted by atomic mass is 9.79. The molecule has 1 aliphatic heterocycles. The zero-order valence-corrected chi connectivity index (χ0v) is 11.8. The lowest BCUT2D eigenvalue weighted by Crippen LogP contribution is -2.27. The molecule has 1 heterocycles. The molecule has 0 unspecified atom stereocenters. The van der Waals surface area contributed by atoms with Crippen molar-refractivity contribution in [2.45, 2.75) is 39.0 Å². The van der Waals surface area contributed by atoms with Gasteiger partial charge in [0.1, 0.15) is 0 Å². The van der Waals surface area contributed by atoms with E-state index in [0.717, 1.165) is 22.4 Å². The van der Waals surface area contributed by atoms with Crippen LogP contribution in [0.5, 0.6) is 0 Å². The van der Waals surface area contributed by atoms with Crippen molar-refractivity contribution >= 4 is 17.6 Å². The number of rotatable bonds is 3. The smallest absolute Gasteiger partial charge is 0.304 e. The summed E-state index contributed by atoms with van der Waals surface area (Å²) in [6.07, 6.45) is 0.453. The van der Waals surface area contributed by atoms with Gasteiger partial charge < -0.3 is 10.0 Å². The molecule has 1 aliphatic rings. The number of aliphatic carboxylic acids is 1. The molecule has 0 atom stereocenters. The Labute approximate surface area is 113 Å². The Kier molecular flexibility index (Phi) is 3.12. The Morgan fingerprint density at radius 2 is 2.05 bits per heavy atom. The number of nitrogens with zero attached hydrogens (tertiary/aromatic N) is 1. The van der Waals surface area contributed by atoms with Gasteiger partial charge in [-0.05, 0) is 18.1 Å². The number of amides is 1. The highest BCUT2D eigenvalue weighted by Gasteiger charge is 2.34. The second-order valence-corrected chi connectivity index (χ2v) is 5.90. The van der Waals surface area contributed by atoms with E-state index in [1.165, 1.54) is 0 Å². The summed E-state index contributed by atoms with van der Waals surface area (Å²) in [6, 6.07) is 4.01. The monoisotopic (exact) mass is 261 g/mol. The number of benzene rings is 1. The number of hydrogen-bond donors (Lipinski definition) is 1. The van der Waals surface area contributed by atoms with E-state index in [4.69, 9.17) is 5.11 Å². The number of carboxylic acid groups (broad SMARTS) is 1. The summed E-state index contributed by atoms with van der Waals surface area (Å²) in [6.45, 7) is 5.79. The van der Waals surface area contributed by atoms with Gasteiger partial charge in [0.05, 0.1) is 18.5 Å². The Balaban J connectivity index is 2.59. The molecular weight excluding hydrogens is 242 g/mol. The Bertz CT molecular complexity index is 561. The lowest BCUT2D eigenvalue weighted by molar-refractivity contribution is -0.138. The predicted molar refractivity (Wildman–Crippen MR) is 73.6 cm³/mol. The van der Waals surface area contributed by atoms with E-state index in [2.05, 4.69) is 0 Å². The Morgan fingerprint density at radius 3 is 2.63 bits per heavy atom. The van der Waals surface area contributed by atoms with Crippen LogP contribution in [0.4, 0.5) is 5.69 Å². The fourth-order valence-electron chi connectivity index (χ4n) is 2.78. The van der Waals surface area contributed by atoms with Crippen molar-refractivity contribution in [3.63, 3.8) is 0 Å². The van der Waals surface area contributed by atoms with Gasteiger partial charge in [-0.2, -0.15) is 0 Å². The number of likely N-dealkylation sites (N-methyl/N-ethyl adjacent to an activating group) is 1. The van der Waals surface area contributed by atoms with E-state index < -0.39 is 11.4 Å². The summed E-state index contributed by atoms with van der Waals surface area (Å²) in [5.41, 5.74) is 3.40. The van der Waals surface area contributed by atoms with E-state index in [1.807, 2.05) is 32.9 Å². The minimum Gasteiger partial charge on any atom is -0.481 e. The van der Waals surface area contributed by atoms with Crippen molar-refractivity contribution in [2.75, 3.05) is 11.9 Å². The summed E-state index contributed by atoms with van der Waals surface area (Å²) < 4.78 is 0. The van der Waals surface area contributed by atoms with Crippen molar-refractivity contribution in [1.29, 1.82) is 0 Å². The molecule has 1 N–H and O–H groups in total. The average Bonchev–Trinajstić information content (AvgIpc) is 2.51. The highest BCUT2D eigenvalue weighted by atomic mass is 16.4. The van der Waals surface area contributed by atoms with Gasteiger partial charge in [0.2, 0.25) is 5.91 Å². The summed E-state index contributed by atoms with van der Waals surface area (Å²) in [5, 5.41) is 9.07. The van der Waals surface area contributed by atoms with Crippen LogP contribution in [-0.2, 0) is 21.4 Å². The van der Waals surface area contributed by atoms with E-state index >= 15 is 0 Å². The lowest BCUT2D eigenvalue weighted by Gasteiger charge is -2.28. The number of carbonyl (C=O) groups excluding carboxylic acids is 1. The summed E-state index contributed by atoms with van der Waals surface area (Å²) >= 11 is 0. The number of anilines is 1. The third-order valence-electron chi connectivity index (χ3n) is 3.71. The van der Waals surface area contributed by atoms with Gasteiger partial charge in [0.25, 0.3) is 0 Å². The molecule has 0 radical (unpaired) electrons. The van der Waals surface area contributed by atoms with E-state index in [1.54, 1.807) is 11.9 Å². The van der Waals surface area contributed by atoms with E-state index in [0.29, 0.717) is 6.42 Å². The van der Waals surface area contributed by atoms with Gasteiger partial charge in [-0.3, -0.25) is 9.59 Å². The second kappa shape index (κ2) is 4.37. The van der Waals surface area contributed by atoms with Gasteiger partial charge >= 0.3 is 5.97 Å². The van der Waals surface area contributed by atoms with Gasteiger partial charge in [-0.1, -0.05) is 31.5 Å². The number of aryl methyl sites for hydroxylation is 1. The maximum atomic E-state index is 11.9. The number of carbonyl (C=O) groups is 2. The second-order valence-electron chi connectivity index (χ2n) is 5.90. The van der Waals surface area contributed by atoms with Crippen LogP contribution in [0, 0.1) is 6.92 Å². The van der Waals surface area contributed by atoms with Crippen molar-refractivity contribution in [2.24, 2.45) is 0 Å². The Hall–Kier alpha value is -1.84. The molecule has 0 spiro atoms. The first kappa shape index (κ1) is 13.6. The molecule has 2 rings (SSSR count). The van der Waals surface area contributed by atoms with Crippen LogP contribution < -0.4 is 4.90 Å². The molecule has 0 saturated carbocycles. The zero-order chi connectivity index (χ0) is 14.4. The fourth-order valence-corrected chi connectivity index (χ4v) is 2.78. The molecule has 0 bridgehead atoms. The molecule has 0 aromatic heterocycles. The molecule has 4 heteroatoms. The minimum atomic E-state index is -0.827. The quantitative estimate of drug-likeness (QED) is 0.908. The van der Waals surface area contributed by atoms with Crippen LogP contribution in [0.25, 0.3) is 0 Å². The molecule has 0 aliphatic carbocycles. The fraction of sp³-hybridized carbons (Fsp3) is 0.467. The first-order chi connectivity index (χ1) is 8.72. The molecule has 1 aromatic rings. The molecule has 4 nitrogen and oxygen atoms in total.